The molecule has 1 fully saturated rings. The number of rotatable bonds is 6. The summed E-state index contributed by atoms with van der Waals surface area (Å²) in [5.41, 5.74) is 0.850. The van der Waals surface area contributed by atoms with Gasteiger partial charge in [0, 0.05) is 48.9 Å². The van der Waals surface area contributed by atoms with Crippen molar-refractivity contribution in [2.45, 2.75) is 38.4 Å². The summed E-state index contributed by atoms with van der Waals surface area (Å²) in [6.07, 6.45) is -3.09. The standard InChI is InChI=1S/C22H22ClF3N4O3/c23-16-4-2-14(3-5-16)17-13-30-19(31)12-18(28-10-6-15(7-11-28)20(32)33)29(21(30)27-17)9-1-8-22(24,25)26/h2-5,12-13,15H,1,6-11H2,(H,32,33). The van der Waals surface area contributed by atoms with Crippen molar-refractivity contribution in [1.29, 1.82) is 0 Å². The Labute approximate surface area is 192 Å². The second kappa shape index (κ2) is 9.09. The van der Waals surface area contributed by atoms with E-state index in [2.05, 4.69) is 4.98 Å². The van der Waals surface area contributed by atoms with Gasteiger partial charge >= 0.3 is 12.1 Å². The second-order valence-electron chi connectivity index (χ2n) is 8.11. The van der Waals surface area contributed by atoms with Gasteiger partial charge in [0.05, 0.1) is 11.6 Å². The van der Waals surface area contributed by atoms with E-state index in [4.69, 9.17) is 11.6 Å². The van der Waals surface area contributed by atoms with E-state index >= 15 is 0 Å². The summed E-state index contributed by atoms with van der Waals surface area (Å²) in [4.78, 5) is 30.6. The molecule has 1 aliphatic rings. The van der Waals surface area contributed by atoms with Crippen molar-refractivity contribution in [2.75, 3.05) is 18.0 Å². The first-order valence-electron chi connectivity index (χ1n) is 10.6. The van der Waals surface area contributed by atoms with E-state index in [1.165, 1.54) is 10.5 Å². The van der Waals surface area contributed by atoms with Crippen LogP contribution < -0.4 is 10.5 Å². The Bertz CT molecular complexity index is 1210. The van der Waals surface area contributed by atoms with Crippen LogP contribution in [-0.2, 0) is 11.3 Å². The van der Waals surface area contributed by atoms with E-state index < -0.39 is 24.5 Å². The SMILES string of the molecule is O=C(O)C1CCN(c2cc(=O)n3cc(-c4ccc(Cl)cc4)nc3n2CCCC(F)(F)F)CC1. The third kappa shape index (κ3) is 5.16. The van der Waals surface area contributed by atoms with Gasteiger partial charge in [0.2, 0.25) is 5.78 Å². The first kappa shape index (κ1) is 23.2. The first-order valence-corrected chi connectivity index (χ1v) is 10.9. The minimum absolute atomic E-state index is 0.00849. The average molecular weight is 483 g/mol. The Morgan fingerprint density at radius 3 is 2.45 bits per heavy atom. The second-order valence-corrected chi connectivity index (χ2v) is 8.55. The van der Waals surface area contributed by atoms with Crippen LogP contribution in [0.2, 0.25) is 5.02 Å². The predicted molar refractivity (Wildman–Crippen MR) is 118 cm³/mol. The molecule has 3 aromatic rings. The number of anilines is 1. The zero-order chi connectivity index (χ0) is 23.8. The van der Waals surface area contributed by atoms with Crippen LogP contribution in [-0.4, -0.2) is 44.3 Å². The van der Waals surface area contributed by atoms with Gasteiger partial charge in [0.1, 0.15) is 5.82 Å². The molecule has 3 heterocycles. The van der Waals surface area contributed by atoms with Gasteiger partial charge in [-0.15, -0.1) is 0 Å². The molecule has 1 N–H and O–H groups in total. The van der Waals surface area contributed by atoms with Crippen LogP contribution in [0.1, 0.15) is 25.7 Å². The van der Waals surface area contributed by atoms with Gasteiger partial charge in [-0.1, -0.05) is 23.7 Å². The van der Waals surface area contributed by atoms with Crippen molar-refractivity contribution in [2.24, 2.45) is 5.92 Å². The molecule has 0 spiro atoms. The van der Waals surface area contributed by atoms with Gasteiger partial charge in [0.15, 0.2) is 0 Å². The zero-order valence-corrected chi connectivity index (χ0v) is 18.3. The maximum atomic E-state index is 12.9. The normalized spacial score (nSPS) is 15.3. The molecule has 1 aliphatic heterocycles. The number of hydrogen-bond donors (Lipinski definition) is 1. The van der Waals surface area contributed by atoms with Gasteiger partial charge in [0.25, 0.3) is 5.56 Å². The molecule has 33 heavy (non-hydrogen) atoms. The monoisotopic (exact) mass is 482 g/mol. The van der Waals surface area contributed by atoms with Crippen molar-refractivity contribution in [3.8, 4) is 11.3 Å². The number of hydrogen-bond acceptors (Lipinski definition) is 4. The van der Waals surface area contributed by atoms with Crippen molar-refractivity contribution in [3.63, 3.8) is 0 Å². The minimum atomic E-state index is -4.29. The molecule has 4 rings (SSSR count). The van der Waals surface area contributed by atoms with Crippen LogP contribution in [0.4, 0.5) is 19.0 Å². The quantitative estimate of drug-likeness (QED) is 0.561. The number of carboxylic acid groups (broad SMARTS) is 1. The number of alkyl halides is 3. The number of halogens is 4. The Kier molecular flexibility index (Phi) is 6.38. The molecular weight excluding hydrogens is 461 g/mol. The van der Waals surface area contributed by atoms with Crippen LogP contribution in [0.25, 0.3) is 17.0 Å². The molecule has 11 heteroatoms. The smallest absolute Gasteiger partial charge is 0.389 e. The largest absolute Gasteiger partial charge is 0.481 e. The number of nitrogens with zero attached hydrogens (tertiary/aromatic N) is 4. The molecular formula is C22H22ClF3N4O3. The fourth-order valence-electron chi connectivity index (χ4n) is 4.11. The lowest BCUT2D eigenvalue weighted by Gasteiger charge is -2.33. The Morgan fingerprint density at radius 1 is 1.18 bits per heavy atom. The average Bonchev–Trinajstić information content (AvgIpc) is 3.21. The Morgan fingerprint density at radius 2 is 1.85 bits per heavy atom. The molecule has 2 aromatic heterocycles. The highest BCUT2D eigenvalue weighted by Gasteiger charge is 2.29. The third-order valence-electron chi connectivity index (χ3n) is 5.85. The Balaban J connectivity index is 1.75. The maximum Gasteiger partial charge on any atom is 0.389 e. The fraction of sp³-hybridized carbons (Fsp3) is 0.409. The highest BCUT2D eigenvalue weighted by molar-refractivity contribution is 6.30. The van der Waals surface area contributed by atoms with Crippen LogP contribution in [0, 0.1) is 5.92 Å². The number of aromatic nitrogens is 3. The van der Waals surface area contributed by atoms with Crippen LogP contribution in [0.5, 0.6) is 0 Å². The van der Waals surface area contributed by atoms with Crippen molar-refractivity contribution < 1.29 is 23.1 Å². The van der Waals surface area contributed by atoms with E-state index in [1.807, 2.05) is 4.90 Å². The molecule has 1 saturated heterocycles. The summed E-state index contributed by atoms with van der Waals surface area (Å²) >= 11 is 5.94. The fourth-order valence-corrected chi connectivity index (χ4v) is 4.24. The number of piperidine rings is 1. The van der Waals surface area contributed by atoms with E-state index in [9.17, 15) is 27.9 Å². The van der Waals surface area contributed by atoms with Gasteiger partial charge in [-0.3, -0.25) is 18.6 Å². The number of benzene rings is 1. The number of aryl methyl sites for hydroxylation is 1. The highest BCUT2D eigenvalue weighted by atomic mass is 35.5. The van der Waals surface area contributed by atoms with Gasteiger partial charge in [-0.2, -0.15) is 13.2 Å². The molecule has 0 atom stereocenters. The number of fused-ring (bicyclic) bond motifs is 1. The summed E-state index contributed by atoms with van der Waals surface area (Å²) in [5, 5.41) is 9.80. The van der Waals surface area contributed by atoms with Crippen LogP contribution in [0.15, 0.2) is 41.3 Å². The highest BCUT2D eigenvalue weighted by Crippen LogP contribution is 2.28. The first-order chi connectivity index (χ1) is 15.6. The van der Waals surface area contributed by atoms with Crippen molar-refractivity contribution in [3.05, 3.63) is 51.9 Å². The van der Waals surface area contributed by atoms with Gasteiger partial charge in [-0.25, -0.2) is 4.98 Å². The molecule has 0 unspecified atom stereocenters. The van der Waals surface area contributed by atoms with Crippen molar-refractivity contribution >= 4 is 29.2 Å². The van der Waals surface area contributed by atoms with E-state index in [0.717, 1.165) is 0 Å². The lowest BCUT2D eigenvalue weighted by Crippen LogP contribution is -2.39. The third-order valence-corrected chi connectivity index (χ3v) is 6.10. The molecule has 0 amide bonds. The number of imidazole rings is 1. The number of aliphatic carboxylic acids is 1. The molecule has 0 bridgehead atoms. The molecule has 0 saturated carbocycles. The number of carbonyl (C=O) groups is 1. The summed E-state index contributed by atoms with van der Waals surface area (Å²) in [6, 6.07) is 8.26. The molecule has 7 nitrogen and oxygen atoms in total. The summed E-state index contributed by atoms with van der Waals surface area (Å²) in [5.74, 6) is -0.649. The summed E-state index contributed by atoms with van der Waals surface area (Å²) in [7, 11) is 0. The van der Waals surface area contributed by atoms with Crippen LogP contribution in [0.3, 0.4) is 0 Å². The number of carboxylic acids is 1. The topological polar surface area (TPSA) is 79.8 Å². The minimum Gasteiger partial charge on any atom is -0.481 e. The zero-order valence-electron chi connectivity index (χ0n) is 17.6. The Hall–Kier alpha value is -3.01. The lowest BCUT2D eigenvalue weighted by molar-refractivity contribution is -0.142. The van der Waals surface area contributed by atoms with Gasteiger partial charge in [-0.05, 0) is 31.4 Å². The molecule has 0 aliphatic carbocycles. The molecule has 0 radical (unpaired) electrons. The predicted octanol–water partition coefficient (Wildman–Crippen LogP) is 4.46. The van der Waals surface area contributed by atoms with Crippen molar-refractivity contribution in [1.82, 2.24) is 14.0 Å². The van der Waals surface area contributed by atoms with E-state index in [1.54, 1.807) is 35.0 Å². The maximum absolute atomic E-state index is 12.9. The molecule has 1 aromatic carbocycles. The summed E-state index contributed by atoms with van der Waals surface area (Å²) in [6.45, 7) is 0.780. The summed E-state index contributed by atoms with van der Waals surface area (Å²) < 4.78 is 41.4. The van der Waals surface area contributed by atoms with Gasteiger partial charge < -0.3 is 10.0 Å². The molecule has 176 valence electrons. The lowest BCUT2D eigenvalue weighted by atomic mass is 9.97. The van der Waals surface area contributed by atoms with E-state index in [0.29, 0.717) is 48.0 Å². The van der Waals surface area contributed by atoms with E-state index in [-0.39, 0.29) is 24.3 Å². The van der Waals surface area contributed by atoms with Crippen LogP contribution >= 0.6 is 11.6 Å².